The van der Waals surface area contributed by atoms with Gasteiger partial charge in [-0.25, -0.2) is 4.98 Å². The molecule has 1 amide bonds. The van der Waals surface area contributed by atoms with E-state index in [2.05, 4.69) is 10.3 Å². The maximum absolute atomic E-state index is 12.2. The number of fused-ring (bicyclic) bond motifs is 2. The summed E-state index contributed by atoms with van der Waals surface area (Å²) in [6.45, 7) is 4.96. The fourth-order valence-corrected chi connectivity index (χ4v) is 2.35. The van der Waals surface area contributed by atoms with Gasteiger partial charge >= 0.3 is 0 Å². The molecular weight excluding hydrogens is 268 g/mol. The van der Waals surface area contributed by atoms with Crippen LogP contribution in [0.5, 0.6) is 0 Å². The average Bonchev–Trinajstić information content (AvgIpc) is 2.43. The van der Waals surface area contributed by atoms with E-state index >= 15 is 0 Å². The second-order valence-corrected chi connectivity index (χ2v) is 5.04. The van der Waals surface area contributed by atoms with Gasteiger partial charge in [-0.05, 0) is 31.5 Å². The van der Waals surface area contributed by atoms with E-state index in [0.717, 1.165) is 5.56 Å². The smallest absolute Gasteiger partial charge is 0.221 e. The third-order valence-corrected chi connectivity index (χ3v) is 3.39. The number of hydrogen-bond donors (Lipinski definition) is 1. The van der Waals surface area contributed by atoms with Gasteiger partial charge in [0.1, 0.15) is 11.2 Å². The van der Waals surface area contributed by atoms with Crippen molar-refractivity contribution in [2.45, 2.75) is 20.8 Å². The molecule has 1 N–H and O–H groups in total. The molecule has 1 aliphatic carbocycles. The van der Waals surface area contributed by atoms with Gasteiger partial charge in [0.2, 0.25) is 11.3 Å². The molecule has 0 aromatic heterocycles. The van der Waals surface area contributed by atoms with Gasteiger partial charge in [-0.15, -0.1) is 0 Å². The van der Waals surface area contributed by atoms with Crippen molar-refractivity contribution in [3.63, 3.8) is 0 Å². The van der Waals surface area contributed by atoms with E-state index in [4.69, 9.17) is 4.42 Å². The van der Waals surface area contributed by atoms with Crippen LogP contribution >= 0.6 is 0 Å². The Kier molecular flexibility index (Phi) is 2.97. The van der Waals surface area contributed by atoms with E-state index in [1.807, 2.05) is 25.1 Å². The minimum atomic E-state index is -0.292. The zero-order valence-corrected chi connectivity index (χ0v) is 12.0. The Balaban J connectivity index is 2.38. The molecule has 0 saturated heterocycles. The molecule has 0 atom stereocenters. The lowest BCUT2D eigenvalue weighted by atomic mass is 10.1. The summed E-state index contributed by atoms with van der Waals surface area (Å²) in [6, 6.07) is 7.23. The van der Waals surface area contributed by atoms with E-state index < -0.39 is 0 Å². The van der Waals surface area contributed by atoms with Crippen LogP contribution in [0.1, 0.15) is 18.1 Å². The maximum atomic E-state index is 12.2. The molecule has 1 aliphatic heterocycles. The minimum Gasteiger partial charge on any atom is -0.452 e. The van der Waals surface area contributed by atoms with Crippen LogP contribution in [0.4, 0.5) is 5.69 Å². The Labute approximate surface area is 121 Å². The fraction of sp³-hybridized carbons (Fsp3) is 0.188. The van der Waals surface area contributed by atoms with Crippen molar-refractivity contribution in [3.05, 3.63) is 45.6 Å². The summed E-state index contributed by atoms with van der Waals surface area (Å²) in [4.78, 5) is 27.9. The van der Waals surface area contributed by atoms with Crippen LogP contribution in [-0.4, -0.2) is 10.9 Å². The molecule has 1 aromatic carbocycles. The van der Waals surface area contributed by atoms with Gasteiger partial charge < -0.3 is 9.73 Å². The number of nitrogens with zero attached hydrogens (tertiary/aromatic N) is 1. The molecule has 3 rings (SSSR count). The molecule has 106 valence electrons. The number of aryl methyl sites for hydroxylation is 1. The molecule has 1 heterocycles. The van der Waals surface area contributed by atoms with Crippen LogP contribution in [0.2, 0.25) is 0 Å². The molecule has 0 saturated carbocycles. The Hall–Kier alpha value is -2.69. The van der Waals surface area contributed by atoms with E-state index in [1.54, 1.807) is 13.0 Å². The number of hydrogen-bond acceptors (Lipinski definition) is 4. The highest BCUT2D eigenvalue weighted by Gasteiger charge is 2.18. The first kappa shape index (κ1) is 13.3. The standard InChI is InChI=1S/C16H14N2O3/c1-8-5-4-6-11-15(8)21-16-9(2)14(20)12(17-10(3)19)7-13(16)18-11/h4-7H,1-3H3,(H,17,19). The monoisotopic (exact) mass is 282 g/mol. The van der Waals surface area contributed by atoms with E-state index in [0.29, 0.717) is 28.1 Å². The van der Waals surface area contributed by atoms with Gasteiger partial charge in [0.25, 0.3) is 0 Å². The zero-order valence-electron chi connectivity index (χ0n) is 12.0. The van der Waals surface area contributed by atoms with Crippen molar-refractivity contribution >= 4 is 22.7 Å². The zero-order chi connectivity index (χ0) is 15.1. The second-order valence-electron chi connectivity index (χ2n) is 5.04. The number of nitrogens with one attached hydrogen (secondary N) is 1. The number of benzene rings is 2. The van der Waals surface area contributed by atoms with Crippen LogP contribution in [-0.2, 0) is 4.79 Å². The van der Waals surface area contributed by atoms with E-state index in [9.17, 15) is 9.59 Å². The molecule has 21 heavy (non-hydrogen) atoms. The Morgan fingerprint density at radius 3 is 2.76 bits per heavy atom. The normalized spacial score (nSPS) is 11.0. The van der Waals surface area contributed by atoms with Gasteiger partial charge in [-0.3, -0.25) is 9.59 Å². The van der Waals surface area contributed by atoms with Crippen molar-refractivity contribution in [2.24, 2.45) is 0 Å². The molecule has 0 spiro atoms. The maximum Gasteiger partial charge on any atom is 0.221 e. The van der Waals surface area contributed by atoms with Crippen molar-refractivity contribution in [2.75, 3.05) is 5.32 Å². The summed E-state index contributed by atoms with van der Waals surface area (Å²) in [5.74, 6) is 0.162. The quantitative estimate of drug-likeness (QED) is 0.696. The van der Waals surface area contributed by atoms with Gasteiger partial charge in [-0.1, -0.05) is 12.1 Å². The van der Waals surface area contributed by atoms with Crippen molar-refractivity contribution in [3.8, 4) is 11.5 Å². The minimum absolute atomic E-state index is 0.224. The summed E-state index contributed by atoms with van der Waals surface area (Å²) in [7, 11) is 0. The molecule has 0 unspecified atom stereocenters. The van der Waals surface area contributed by atoms with Crippen LogP contribution < -0.4 is 10.7 Å². The Morgan fingerprint density at radius 2 is 2.05 bits per heavy atom. The molecule has 5 heteroatoms. The Bertz CT molecular complexity index is 896. The average molecular weight is 282 g/mol. The lowest BCUT2D eigenvalue weighted by molar-refractivity contribution is -0.114. The Morgan fingerprint density at radius 1 is 1.29 bits per heavy atom. The largest absolute Gasteiger partial charge is 0.452 e. The summed E-state index contributed by atoms with van der Waals surface area (Å²) < 4.78 is 5.87. The number of rotatable bonds is 1. The summed E-state index contributed by atoms with van der Waals surface area (Å²) in [5.41, 5.74) is 3.30. The van der Waals surface area contributed by atoms with Crippen LogP contribution in [0.15, 0.2) is 33.5 Å². The van der Waals surface area contributed by atoms with E-state index in [-0.39, 0.29) is 17.0 Å². The van der Waals surface area contributed by atoms with E-state index in [1.165, 1.54) is 6.92 Å². The van der Waals surface area contributed by atoms with Gasteiger partial charge in [0, 0.05) is 12.5 Å². The molecule has 5 nitrogen and oxygen atoms in total. The number of aromatic nitrogens is 1. The molecule has 1 aromatic rings. The van der Waals surface area contributed by atoms with Crippen LogP contribution in [0.3, 0.4) is 0 Å². The first-order valence-electron chi connectivity index (χ1n) is 6.59. The fourth-order valence-electron chi connectivity index (χ4n) is 2.35. The number of carbonyl (C=O) groups excluding carboxylic acids is 1. The van der Waals surface area contributed by atoms with Gasteiger partial charge in [0.05, 0.1) is 5.69 Å². The predicted molar refractivity (Wildman–Crippen MR) is 80.7 cm³/mol. The number of amides is 1. The summed E-state index contributed by atoms with van der Waals surface area (Å²) in [6.07, 6.45) is 0. The molecule has 0 fully saturated rings. The number of para-hydroxylation sites is 1. The molecule has 0 bridgehead atoms. The molecule has 2 aliphatic rings. The third-order valence-electron chi connectivity index (χ3n) is 3.39. The highest BCUT2D eigenvalue weighted by molar-refractivity contribution is 5.90. The topological polar surface area (TPSA) is 72.2 Å². The summed E-state index contributed by atoms with van der Waals surface area (Å²) in [5, 5.41) is 2.53. The first-order chi connectivity index (χ1) is 9.97. The summed E-state index contributed by atoms with van der Waals surface area (Å²) >= 11 is 0. The number of carbonyl (C=O) groups is 1. The second kappa shape index (κ2) is 4.70. The van der Waals surface area contributed by atoms with Gasteiger partial charge in [0.15, 0.2) is 11.3 Å². The SMILES string of the molecule is CC(=O)Nc1cc2nc3cccc(C)c3oc-2c(C)c1=O. The lowest BCUT2D eigenvalue weighted by Crippen LogP contribution is -2.18. The van der Waals surface area contributed by atoms with Crippen LogP contribution in [0, 0.1) is 13.8 Å². The van der Waals surface area contributed by atoms with Gasteiger partial charge in [-0.2, -0.15) is 0 Å². The van der Waals surface area contributed by atoms with Crippen molar-refractivity contribution in [1.82, 2.24) is 4.98 Å². The van der Waals surface area contributed by atoms with Crippen LogP contribution in [0.25, 0.3) is 22.6 Å². The lowest BCUT2D eigenvalue weighted by Gasteiger charge is -2.12. The predicted octanol–water partition coefficient (Wildman–Crippen LogP) is 2.87. The number of anilines is 1. The van der Waals surface area contributed by atoms with Crippen molar-refractivity contribution < 1.29 is 9.21 Å². The third kappa shape index (κ3) is 2.16. The highest BCUT2D eigenvalue weighted by atomic mass is 16.3. The molecule has 0 radical (unpaired) electrons. The first-order valence-corrected chi connectivity index (χ1v) is 6.59. The van der Waals surface area contributed by atoms with Crippen molar-refractivity contribution in [1.29, 1.82) is 0 Å². The highest BCUT2D eigenvalue weighted by Crippen LogP contribution is 2.29. The molecular formula is C16H14N2O3.